The number of aryl methyl sites for hydroxylation is 1. The van der Waals surface area contributed by atoms with Crippen LogP contribution in [0.15, 0.2) is 24.4 Å². The van der Waals surface area contributed by atoms with Gasteiger partial charge in [0.25, 0.3) is 0 Å². The number of pyridine rings is 1. The Balaban J connectivity index is 1.69. The molecule has 0 saturated heterocycles. The van der Waals surface area contributed by atoms with Gasteiger partial charge in [-0.25, -0.2) is 0 Å². The van der Waals surface area contributed by atoms with Gasteiger partial charge in [-0.15, -0.1) is 0 Å². The molecule has 1 aliphatic carbocycles. The summed E-state index contributed by atoms with van der Waals surface area (Å²) in [5.74, 6) is 0.777. The van der Waals surface area contributed by atoms with E-state index in [0.717, 1.165) is 30.9 Å². The number of hydrogen-bond donors (Lipinski definition) is 1. The third kappa shape index (κ3) is 3.60. The molecule has 1 saturated carbocycles. The van der Waals surface area contributed by atoms with Crippen LogP contribution in [0.2, 0.25) is 0 Å². The molecule has 1 N–H and O–H groups in total. The lowest BCUT2D eigenvalue weighted by atomic mass is 9.97. The average Bonchev–Trinajstić information content (AvgIpc) is 2.81. The smallest absolute Gasteiger partial charge is 0.0546 e. The van der Waals surface area contributed by atoms with Gasteiger partial charge in [0.2, 0.25) is 0 Å². The normalized spacial score (nSPS) is 18.8. The van der Waals surface area contributed by atoms with E-state index < -0.39 is 0 Å². The van der Waals surface area contributed by atoms with E-state index in [1.807, 2.05) is 24.4 Å². The van der Waals surface area contributed by atoms with Gasteiger partial charge in [-0.3, -0.25) is 4.98 Å². The fraction of sp³-hybridized carbons (Fsp3) is 0.643. The second kappa shape index (κ2) is 6.00. The van der Waals surface area contributed by atoms with Crippen LogP contribution in [0, 0.1) is 5.92 Å². The Morgan fingerprint density at radius 1 is 1.31 bits per heavy atom. The minimum Gasteiger partial charge on any atom is -0.393 e. The average molecular weight is 219 g/mol. The van der Waals surface area contributed by atoms with Crippen molar-refractivity contribution in [3.05, 3.63) is 30.1 Å². The summed E-state index contributed by atoms with van der Waals surface area (Å²) in [5, 5.41) is 9.94. The van der Waals surface area contributed by atoms with Gasteiger partial charge < -0.3 is 5.11 Å². The molecule has 2 nitrogen and oxygen atoms in total. The molecule has 1 heterocycles. The highest BCUT2D eigenvalue weighted by molar-refractivity contribution is 5.03. The number of rotatable bonds is 5. The van der Waals surface area contributed by atoms with Crippen molar-refractivity contribution in [1.29, 1.82) is 0 Å². The molecule has 0 aliphatic heterocycles. The molecule has 0 radical (unpaired) electrons. The lowest BCUT2D eigenvalue weighted by Gasteiger charge is -2.14. The molecule has 1 aliphatic rings. The Hall–Kier alpha value is -0.890. The highest BCUT2D eigenvalue weighted by Crippen LogP contribution is 2.29. The van der Waals surface area contributed by atoms with Crippen molar-refractivity contribution in [2.75, 3.05) is 0 Å². The molecule has 88 valence electrons. The first-order valence-corrected chi connectivity index (χ1v) is 6.42. The van der Waals surface area contributed by atoms with E-state index in [1.165, 1.54) is 25.7 Å². The molecule has 16 heavy (non-hydrogen) atoms. The molecule has 0 aromatic carbocycles. The maximum atomic E-state index is 9.94. The van der Waals surface area contributed by atoms with Crippen molar-refractivity contribution in [3.63, 3.8) is 0 Å². The molecule has 1 aromatic heterocycles. The van der Waals surface area contributed by atoms with Crippen LogP contribution in [0.4, 0.5) is 0 Å². The van der Waals surface area contributed by atoms with Crippen LogP contribution < -0.4 is 0 Å². The van der Waals surface area contributed by atoms with Gasteiger partial charge in [-0.1, -0.05) is 31.7 Å². The number of nitrogens with zero attached hydrogens (tertiary/aromatic N) is 1. The van der Waals surface area contributed by atoms with Crippen molar-refractivity contribution in [3.8, 4) is 0 Å². The van der Waals surface area contributed by atoms with E-state index in [-0.39, 0.29) is 6.10 Å². The van der Waals surface area contributed by atoms with Crippen LogP contribution in [-0.2, 0) is 6.42 Å². The summed E-state index contributed by atoms with van der Waals surface area (Å²) in [6.07, 6.45) is 9.79. The number of aliphatic hydroxyl groups excluding tert-OH is 1. The molecule has 1 unspecified atom stereocenters. The van der Waals surface area contributed by atoms with E-state index in [9.17, 15) is 5.11 Å². The second-order valence-corrected chi connectivity index (χ2v) is 4.90. The minimum atomic E-state index is -0.134. The first-order chi connectivity index (χ1) is 7.84. The Kier molecular flexibility index (Phi) is 4.34. The Bertz CT molecular complexity index is 293. The molecule has 1 fully saturated rings. The maximum Gasteiger partial charge on any atom is 0.0546 e. The van der Waals surface area contributed by atoms with Crippen molar-refractivity contribution in [1.82, 2.24) is 4.98 Å². The molecule has 0 spiro atoms. The highest BCUT2D eigenvalue weighted by atomic mass is 16.3. The van der Waals surface area contributed by atoms with E-state index in [1.54, 1.807) is 0 Å². The first kappa shape index (κ1) is 11.6. The molecule has 0 bridgehead atoms. The van der Waals surface area contributed by atoms with Crippen LogP contribution in [0.5, 0.6) is 0 Å². The summed E-state index contributed by atoms with van der Waals surface area (Å²) < 4.78 is 0. The van der Waals surface area contributed by atoms with Gasteiger partial charge in [0.05, 0.1) is 6.10 Å². The van der Waals surface area contributed by atoms with Gasteiger partial charge in [0.1, 0.15) is 0 Å². The van der Waals surface area contributed by atoms with E-state index >= 15 is 0 Å². The molecule has 1 atom stereocenters. The topological polar surface area (TPSA) is 33.1 Å². The SMILES string of the molecule is OC(CCc1ccccn1)CC1CCCC1. The highest BCUT2D eigenvalue weighted by Gasteiger charge is 2.18. The molecular formula is C14H21NO. The third-order valence-electron chi connectivity index (χ3n) is 3.54. The van der Waals surface area contributed by atoms with Crippen LogP contribution in [0.3, 0.4) is 0 Å². The Morgan fingerprint density at radius 2 is 2.12 bits per heavy atom. The van der Waals surface area contributed by atoms with Gasteiger partial charge in [-0.05, 0) is 37.3 Å². The summed E-state index contributed by atoms with van der Waals surface area (Å²) in [6.45, 7) is 0. The number of aromatic nitrogens is 1. The third-order valence-corrected chi connectivity index (χ3v) is 3.54. The van der Waals surface area contributed by atoms with Crippen LogP contribution in [0.1, 0.15) is 44.2 Å². The predicted molar refractivity (Wildman–Crippen MR) is 65.1 cm³/mol. The monoisotopic (exact) mass is 219 g/mol. The fourth-order valence-electron chi connectivity index (χ4n) is 2.61. The zero-order chi connectivity index (χ0) is 11.2. The summed E-state index contributed by atoms with van der Waals surface area (Å²) >= 11 is 0. The lowest BCUT2D eigenvalue weighted by Crippen LogP contribution is -2.13. The number of hydrogen-bond acceptors (Lipinski definition) is 2. The van der Waals surface area contributed by atoms with Crippen LogP contribution in [0.25, 0.3) is 0 Å². The summed E-state index contributed by atoms with van der Waals surface area (Å²) in [6, 6.07) is 5.96. The van der Waals surface area contributed by atoms with Crippen LogP contribution in [-0.4, -0.2) is 16.2 Å². The number of aliphatic hydroxyl groups is 1. The van der Waals surface area contributed by atoms with Gasteiger partial charge >= 0.3 is 0 Å². The molecule has 0 amide bonds. The zero-order valence-electron chi connectivity index (χ0n) is 9.81. The summed E-state index contributed by atoms with van der Waals surface area (Å²) in [4.78, 5) is 4.27. The van der Waals surface area contributed by atoms with Gasteiger partial charge in [0.15, 0.2) is 0 Å². The van der Waals surface area contributed by atoms with E-state index in [4.69, 9.17) is 0 Å². The van der Waals surface area contributed by atoms with Crippen molar-refractivity contribution in [2.45, 2.75) is 51.0 Å². The Labute approximate surface area is 97.7 Å². The van der Waals surface area contributed by atoms with E-state index in [2.05, 4.69) is 4.98 Å². The molecule has 2 rings (SSSR count). The molecule has 1 aromatic rings. The van der Waals surface area contributed by atoms with Crippen molar-refractivity contribution < 1.29 is 5.11 Å². The summed E-state index contributed by atoms with van der Waals surface area (Å²) in [5.41, 5.74) is 1.09. The first-order valence-electron chi connectivity index (χ1n) is 6.42. The van der Waals surface area contributed by atoms with E-state index in [0.29, 0.717) is 0 Å². The van der Waals surface area contributed by atoms with Crippen molar-refractivity contribution >= 4 is 0 Å². The van der Waals surface area contributed by atoms with Crippen LogP contribution >= 0.6 is 0 Å². The maximum absolute atomic E-state index is 9.94. The zero-order valence-corrected chi connectivity index (χ0v) is 9.81. The Morgan fingerprint density at radius 3 is 2.81 bits per heavy atom. The molecular weight excluding hydrogens is 198 g/mol. The fourth-order valence-corrected chi connectivity index (χ4v) is 2.61. The molecule has 2 heteroatoms. The van der Waals surface area contributed by atoms with Crippen molar-refractivity contribution in [2.24, 2.45) is 5.92 Å². The second-order valence-electron chi connectivity index (χ2n) is 4.90. The lowest BCUT2D eigenvalue weighted by molar-refractivity contribution is 0.134. The standard InChI is InChI=1S/C14H21NO/c16-14(11-12-5-1-2-6-12)9-8-13-7-3-4-10-15-13/h3-4,7,10,12,14,16H,1-2,5-6,8-9,11H2. The summed E-state index contributed by atoms with van der Waals surface area (Å²) in [7, 11) is 0. The van der Waals surface area contributed by atoms with Gasteiger partial charge in [-0.2, -0.15) is 0 Å². The minimum absolute atomic E-state index is 0.134. The predicted octanol–water partition coefficient (Wildman–Crippen LogP) is 2.96. The van der Waals surface area contributed by atoms with Gasteiger partial charge in [0, 0.05) is 11.9 Å². The largest absolute Gasteiger partial charge is 0.393 e. The quantitative estimate of drug-likeness (QED) is 0.826.